The first-order valence-electron chi connectivity index (χ1n) is 9.87. The van der Waals surface area contributed by atoms with Crippen LogP contribution in [0.5, 0.6) is 5.75 Å². The molecule has 3 aromatic carbocycles. The molecule has 0 aliphatic carbocycles. The summed E-state index contributed by atoms with van der Waals surface area (Å²) in [4.78, 5) is 38.8. The molecule has 0 aromatic heterocycles. The van der Waals surface area contributed by atoms with E-state index in [0.29, 0.717) is 22.6 Å². The summed E-state index contributed by atoms with van der Waals surface area (Å²) in [6.45, 7) is 0.0295. The summed E-state index contributed by atoms with van der Waals surface area (Å²) in [5, 5.41) is 12.2. The Morgan fingerprint density at radius 2 is 1.56 bits per heavy atom. The van der Waals surface area contributed by atoms with Gasteiger partial charge in [0.15, 0.2) is 0 Å². The van der Waals surface area contributed by atoms with Crippen LogP contribution in [-0.4, -0.2) is 34.9 Å². The first-order chi connectivity index (χ1) is 15.5. The number of hydrogen-bond acceptors (Lipinski definition) is 5. The Kier molecular flexibility index (Phi) is 5.72. The summed E-state index contributed by atoms with van der Waals surface area (Å²) in [6, 6.07) is 22.1. The highest BCUT2D eigenvalue weighted by Crippen LogP contribution is 2.31. The van der Waals surface area contributed by atoms with E-state index in [-0.39, 0.29) is 23.4 Å². The van der Waals surface area contributed by atoms with E-state index >= 15 is 0 Å². The number of methoxy groups -OCH3 is 1. The van der Waals surface area contributed by atoms with Crippen molar-refractivity contribution >= 4 is 29.0 Å². The van der Waals surface area contributed by atoms with E-state index in [1.165, 1.54) is 12.1 Å². The van der Waals surface area contributed by atoms with Crippen molar-refractivity contribution in [2.45, 2.75) is 6.54 Å². The summed E-state index contributed by atoms with van der Waals surface area (Å²) in [5.41, 5.74) is 2.53. The fourth-order valence-corrected chi connectivity index (χ4v) is 3.46. The number of carbonyl (C=O) groups excluding carboxylic acids is 2. The molecule has 0 fully saturated rings. The van der Waals surface area contributed by atoms with Crippen LogP contribution in [0.2, 0.25) is 0 Å². The molecule has 160 valence electrons. The number of anilines is 1. The average molecular weight is 428 g/mol. The highest BCUT2D eigenvalue weighted by atomic mass is 16.5. The number of hydrogen-bond donors (Lipinski definition) is 2. The standard InChI is InChI=1S/C25H20N2O5/c1-32-20-13-11-19(12-14-20)26-22-21(17-5-3-2-4-6-17)23(28)27(24(22)29)15-16-7-9-18(10-8-16)25(30)31/h2-14,26H,15H2,1H3,(H,30,31). The van der Waals surface area contributed by atoms with E-state index in [9.17, 15) is 14.4 Å². The van der Waals surface area contributed by atoms with Gasteiger partial charge in [0.1, 0.15) is 11.4 Å². The predicted octanol–water partition coefficient (Wildman–Crippen LogP) is 3.79. The van der Waals surface area contributed by atoms with Gasteiger partial charge in [0.2, 0.25) is 0 Å². The Labute approximate surface area is 184 Å². The molecule has 2 amide bonds. The third-order valence-corrected chi connectivity index (χ3v) is 5.13. The SMILES string of the molecule is COc1ccc(NC2=C(c3ccccc3)C(=O)N(Cc3ccc(C(=O)O)cc3)C2=O)cc1. The van der Waals surface area contributed by atoms with Gasteiger partial charge < -0.3 is 15.2 Å². The number of carbonyl (C=O) groups is 3. The largest absolute Gasteiger partial charge is 0.497 e. The minimum atomic E-state index is -1.04. The Morgan fingerprint density at radius 3 is 2.16 bits per heavy atom. The molecule has 0 saturated carbocycles. The average Bonchev–Trinajstić information content (AvgIpc) is 3.04. The van der Waals surface area contributed by atoms with Crippen LogP contribution < -0.4 is 10.1 Å². The zero-order chi connectivity index (χ0) is 22.7. The molecular weight excluding hydrogens is 408 g/mol. The molecule has 7 heteroatoms. The number of benzene rings is 3. The second kappa shape index (κ2) is 8.77. The lowest BCUT2D eigenvalue weighted by atomic mass is 10.0. The summed E-state index contributed by atoms with van der Waals surface area (Å²) in [7, 11) is 1.57. The highest BCUT2D eigenvalue weighted by molar-refractivity contribution is 6.36. The molecule has 0 spiro atoms. The molecule has 2 N–H and O–H groups in total. The minimum Gasteiger partial charge on any atom is -0.497 e. The Bertz CT molecular complexity index is 1200. The van der Waals surface area contributed by atoms with E-state index < -0.39 is 17.8 Å². The van der Waals surface area contributed by atoms with E-state index in [1.807, 2.05) is 6.07 Å². The molecular formula is C25H20N2O5. The molecule has 4 rings (SSSR count). The van der Waals surface area contributed by atoms with Crippen LogP contribution in [0, 0.1) is 0 Å². The van der Waals surface area contributed by atoms with Gasteiger partial charge in [0, 0.05) is 5.69 Å². The normalized spacial score (nSPS) is 13.5. The molecule has 1 aliphatic heterocycles. The number of aromatic carboxylic acids is 1. The van der Waals surface area contributed by atoms with E-state index in [0.717, 1.165) is 4.90 Å². The van der Waals surface area contributed by atoms with Gasteiger partial charge in [0.05, 0.1) is 24.8 Å². The summed E-state index contributed by atoms with van der Waals surface area (Å²) < 4.78 is 5.17. The van der Waals surface area contributed by atoms with Crippen LogP contribution in [0.15, 0.2) is 84.6 Å². The Morgan fingerprint density at radius 1 is 0.906 bits per heavy atom. The molecule has 1 aliphatic rings. The van der Waals surface area contributed by atoms with Crippen molar-refractivity contribution in [1.82, 2.24) is 4.90 Å². The minimum absolute atomic E-state index is 0.0295. The molecule has 0 atom stereocenters. The second-order valence-electron chi connectivity index (χ2n) is 7.17. The van der Waals surface area contributed by atoms with Gasteiger partial charge in [-0.3, -0.25) is 14.5 Å². The molecule has 1 heterocycles. The zero-order valence-corrected chi connectivity index (χ0v) is 17.2. The number of amides is 2. The van der Waals surface area contributed by atoms with Crippen molar-refractivity contribution < 1.29 is 24.2 Å². The van der Waals surface area contributed by atoms with Crippen molar-refractivity contribution in [3.63, 3.8) is 0 Å². The smallest absolute Gasteiger partial charge is 0.335 e. The first-order valence-corrected chi connectivity index (χ1v) is 9.87. The van der Waals surface area contributed by atoms with Crippen LogP contribution in [0.4, 0.5) is 5.69 Å². The van der Waals surface area contributed by atoms with Crippen LogP contribution >= 0.6 is 0 Å². The van der Waals surface area contributed by atoms with E-state index in [1.54, 1.807) is 67.8 Å². The number of rotatable bonds is 7. The molecule has 0 bridgehead atoms. The van der Waals surface area contributed by atoms with Gasteiger partial charge in [0.25, 0.3) is 11.8 Å². The third kappa shape index (κ3) is 4.09. The number of imide groups is 1. The van der Waals surface area contributed by atoms with E-state index in [4.69, 9.17) is 9.84 Å². The van der Waals surface area contributed by atoms with Crippen molar-refractivity contribution in [2.24, 2.45) is 0 Å². The van der Waals surface area contributed by atoms with Crippen molar-refractivity contribution in [1.29, 1.82) is 0 Å². The predicted molar refractivity (Wildman–Crippen MR) is 119 cm³/mol. The van der Waals surface area contributed by atoms with E-state index in [2.05, 4.69) is 5.32 Å². The molecule has 0 saturated heterocycles. The van der Waals surface area contributed by atoms with Crippen LogP contribution in [-0.2, 0) is 16.1 Å². The molecule has 3 aromatic rings. The summed E-state index contributed by atoms with van der Waals surface area (Å²) in [6.07, 6.45) is 0. The Hall–Kier alpha value is -4.39. The number of carboxylic acids is 1. The van der Waals surface area contributed by atoms with Gasteiger partial charge in [-0.25, -0.2) is 4.79 Å². The topological polar surface area (TPSA) is 95.9 Å². The first kappa shape index (κ1) is 20.9. The third-order valence-electron chi connectivity index (χ3n) is 5.13. The number of carboxylic acid groups (broad SMARTS) is 1. The summed E-state index contributed by atoms with van der Waals surface area (Å²) in [5.74, 6) is -1.23. The molecule has 7 nitrogen and oxygen atoms in total. The molecule has 32 heavy (non-hydrogen) atoms. The van der Waals surface area contributed by atoms with Gasteiger partial charge in [-0.1, -0.05) is 42.5 Å². The van der Waals surface area contributed by atoms with Crippen molar-refractivity contribution in [3.05, 3.63) is 101 Å². The number of nitrogens with zero attached hydrogens (tertiary/aromatic N) is 1. The monoisotopic (exact) mass is 428 g/mol. The molecule has 0 radical (unpaired) electrons. The highest BCUT2D eigenvalue weighted by Gasteiger charge is 2.39. The van der Waals surface area contributed by atoms with Gasteiger partial charge >= 0.3 is 5.97 Å². The Balaban J connectivity index is 1.67. The lowest BCUT2D eigenvalue weighted by Crippen LogP contribution is -2.32. The number of ether oxygens (including phenoxy) is 1. The number of nitrogens with one attached hydrogen (secondary N) is 1. The maximum absolute atomic E-state index is 13.3. The van der Waals surface area contributed by atoms with Crippen LogP contribution in [0.25, 0.3) is 5.57 Å². The van der Waals surface area contributed by atoms with Crippen LogP contribution in [0.3, 0.4) is 0 Å². The lowest BCUT2D eigenvalue weighted by molar-refractivity contribution is -0.137. The fraction of sp³-hybridized carbons (Fsp3) is 0.0800. The van der Waals surface area contributed by atoms with Gasteiger partial charge in [-0.05, 0) is 47.5 Å². The lowest BCUT2D eigenvalue weighted by Gasteiger charge is -2.15. The van der Waals surface area contributed by atoms with Crippen molar-refractivity contribution in [3.8, 4) is 5.75 Å². The second-order valence-corrected chi connectivity index (χ2v) is 7.17. The van der Waals surface area contributed by atoms with Crippen LogP contribution in [0.1, 0.15) is 21.5 Å². The maximum Gasteiger partial charge on any atom is 0.335 e. The zero-order valence-electron chi connectivity index (χ0n) is 17.2. The van der Waals surface area contributed by atoms with Gasteiger partial charge in [-0.2, -0.15) is 0 Å². The summed E-state index contributed by atoms with van der Waals surface area (Å²) >= 11 is 0. The maximum atomic E-state index is 13.3. The van der Waals surface area contributed by atoms with Gasteiger partial charge in [-0.15, -0.1) is 0 Å². The fourth-order valence-electron chi connectivity index (χ4n) is 3.46. The molecule has 0 unspecified atom stereocenters. The van der Waals surface area contributed by atoms with Crippen molar-refractivity contribution in [2.75, 3.05) is 12.4 Å². The quantitative estimate of drug-likeness (QED) is 0.556.